The largest absolute Gasteiger partial charge is 0.481 e. The minimum atomic E-state index is -2.49. The fraction of sp³-hybridized carbons (Fsp3) is 0.125. The second-order valence-corrected chi connectivity index (χ2v) is 3.66. The average Bonchev–Trinajstić information content (AvgIpc) is 2.04. The molecule has 1 N–H and O–H groups in total. The molecule has 0 saturated heterocycles. The van der Waals surface area contributed by atoms with Crippen molar-refractivity contribution in [1.82, 2.24) is 0 Å². The van der Waals surface area contributed by atoms with E-state index < -0.39 is 20.2 Å². The summed E-state index contributed by atoms with van der Waals surface area (Å²) < 4.78 is 15.9. The first-order chi connectivity index (χ1) is 6.18. The molecule has 0 bridgehead atoms. The summed E-state index contributed by atoms with van der Waals surface area (Å²) in [5.74, 6) is -0.674. The van der Waals surface area contributed by atoms with Gasteiger partial charge in [-0.1, -0.05) is 18.2 Å². The van der Waals surface area contributed by atoms with Gasteiger partial charge < -0.3 is 9.63 Å². The zero-order chi connectivity index (χ0) is 9.68. The van der Waals surface area contributed by atoms with Crippen LogP contribution in [0.3, 0.4) is 0 Å². The molecule has 0 saturated carbocycles. The maximum absolute atomic E-state index is 11.0. The van der Waals surface area contributed by atoms with Crippen LogP contribution in [0.15, 0.2) is 30.3 Å². The third-order valence-electron chi connectivity index (χ3n) is 1.27. The Hall–Kier alpha value is -1.28. The zero-order valence-electron chi connectivity index (χ0n) is 6.77. The molecule has 4 nitrogen and oxygen atoms in total. The van der Waals surface area contributed by atoms with Gasteiger partial charge in [-0.15, -0.1) is 0 Å². The van der Waals surface area contributed by atoms with Gasteiger partial charge in [-0.3, -0.25) is 9.36 Å². The topological polar surface area (TPSA) is 63.6 Å². The molecule has 0 radical (unpaired) electrons. The van der Waals surface area contributed by atoms with E-state index in [2.05, 4.69) is 0 Å². The van der Waals surface area contributed by atoms with Crippen molar-refractivity contribution in [2.75, 3.05) is 6.16 Å². The molecule has 13 heavy (non-hydrogen) atoms. The summed E-state index contributed by atoms with van der Waals surface area (Å²) in [6.45, 7) is 0. The molecule has 70 valence electrons. The van der Waals surface area contributed by atoms with Gasteiger partial charge in [0.25, 0.3) is 0 Å². The predicted molar refractivity (Wildman–Crippen MR) is 48.6 cm³/mol. The van der Waals surface area contributed by atoms with E-state index in [9.17, 15) is 9.36 Å². The second-order valence-electron chi connectivity index (χ2n) is 2.36. The van der Waals surface area contributed by atoms with Crippen molar-refractivity contribution in [3.63, 3.8) is 0 Å². The molecule has 0 heterocycles. The Bertz CT molecular complexity index is 309. The van der Waals surface area contributed by atoms with Crippen LogP contribution in [-0.2, 0) is 9.36 Å². The summed E-state index contributed by atoms with van der Waals surface area (Å²) in [7, 11) is -2.49. The van der Waals surface area contributed by atoms with Crippen molar-refractivity contribution < 1.29 is 19.0 Å². The fourth-order valence-corrected chi connectivity index (χ4v) is 1.50. The molecule has 0 aliphatic carbocycles. The van der Waals surface area contributed by atoms with Gasteiger partial charge in [0, 0.05) is 0 Å². The lowest BCUT2D eigenvalue weighted by Gasteiger charge is -2.02. The monoisotopic (exact) mass is 200 g/mol. The normalized spacial score (nSPS) is 12.0. The number of hydrogen-bond acceptors (Lipinski definition) is 3. The molecule has 0 spiro atoms. The van der Waals surface area contributed by atoms with E-state index in [4.69, 9.17) is 9.63 Å². The lowest BCUT2D eigenvalue weighted by atomic mass is 10.3. The Balaban J connectivity index is 2.50. The summed E-state index contributed by atoms with van der Waals surface area (Å²) in [6.07, 6.45) is -0.431. The van der Waals surface area contributed by atoms with Crippen LogP contribution in [0.5, 0.6) is 5.75 Å². The minimum absolute atomic E-state index is 0.431. The van der Waals surface area contributed by atoms with Crippen molar-refractivity contribution in [2.24, 2.45) is 0 Å². The number of benzene rings is 1. The lowest BCUT2D eigenvalue weighted by Crippen LogP contribution is -1.99. The number of carboxylic acid groups (broad SMARTS) is 1. The summed E-state index contributed by atoms with van der Waals surface area (Å²) in [6, 6.07) is 8.51. The highest BCUT2D eigenvalue weighted by Crippen LogP contribution is 2.25. The lowest BCUT2D eigenvalue weighted by molar-refractivity contribution is -0.134. The van der Waals surface area contributed by atoms with Gasteiger partial charge in [0.1, 0.15) is 11.9 Å². The molecular weight excluding hydrogens is 191 g/mol. The summed E-state index contributed by atoms with van der Waals surface area (Å²) in [5, 5.41) is 8.31. The number of carboxylic acids is 1. The SMILES string of the molecule is O=C(O)C[PH](=O)Oc1ccccc1. The standard InChI is InChI=1S/C8H9O4P/c9-8(10)6-13(11)12-7-4-2-1-3-5-7/h1-5,13H,6H2,(H,9,10). The molecule has 1 aromatic rings. The highest BCUT2D eigenvalue weighted by Gasteiger charge is 2.06. The zero-order valence-corrected chi connectivity index (χ0v) is 7.77. The maximum Gasteiger partial charge on any atom is 0.313 e. The van der Waals surface area contributed by atoms with Crippen molar-refractivity contribution in [3.05, 3.63) is 30.3 Å². The van der Waals surface area contributed by atoms with E-state index in [1.54, 1.807) is 30.3 Å². The van der Waals surface area contributed by atoms with E-state index in [0.29, 0.717) is 5.75 Å². The van der Waals surface area contributed by atoms with E-state index in [-0.39, 0.29) is 0 Å². The molecule has 1 aromatic carbocycles. The quantitative estimate of drug-likeness (QED) is 0.750. The molecule has 1 unspecified atom stereocenters. The van der Waals surface area contributed by atoms with Crippen LogP contribution in [0.25, 0.3) is 0 Å². The van der Waals surface area contributed by atoms with Gasteiger partial charge in [-0.2, -0.15) is 0 Å². The van der Waals surface area contributed by atoms with Gasteiger partial charge in [0.05, 0.1) is 0 Å². The van der Waals surface area contributed by atoms with Crippen LogP contribution in [0, 0.1) is 0 Å². The van der Waals surface area contributed by atoms with Crippen LogP contribution in [0.4, 0.5) is 0 Å². The van der Waals surface area contributed by atoms with E-state index in [0.717, 1.165) is 0 Å². The highest BCUT2D eigenvalue weighted by molar-refractivity contribution is 7.40. The molecule has 0 fully saturated rings. The molecule has 0 amide bonds. The molecule has 0 aliphatic rings. The second kappa shape index (κ2) is 4.67. The summed E-state index contributed by atoms with van der Waals surface area (Å²) >= 11 is 0. The number of aliphatic carboxylic acids is 1. The number of para-hydroxylation sites is 1. The molecule has 1 rings (SSSR count). The number of hydrogen-bond donors (Lipinski definition) is 1. The van der Waals surface area contributed by atoms with Crippen LogP contribution < -0.4 is 4.52 Å². The van der Waals surface area contributed by atoms with Crippen molar-refractivity contribution in [3.8, 4) is 5.75 Å². The first kappa shape index (κ1) is 9.81. The Morgan fingerprint density at radius 2 is 2.00 bits per heavy atom. The molecule has 5 heteroatoms. The summed E-state index contributed by atoms with van der Waals surface area (Å²) in [4.78, 5) is 10.1. The Labute approximate surface area is 76.0 Å². The van der Waals surface area contributed by atoms with Crippen molar-refractivity contribution >= 4 is 14.0 Å². The predicted octanol–water partition coefficient (Wildman–Crippen LogP) is 1.62. The maximum atomic E-state index is 11.0. The molecular formula is C8H9O4P. The average molecular weight is 200 g/mol. The molecule has 0 aliphatic heterocycles. The third kappa shape index (κ3) is 3.76. The van der Waals surface area contributed by atoms with Gasteiger partial charge in [-0.05, 0) is 12.1 Å². The highest BCUT2D eigenvalue weighted by atomic mass is 31.1. The summed E-state index contributed by atoms with van der Waals surface area (Å²) in [5.41, 5.74) is 0. The smallest absolute Gasteiger partial charge is 0.313 e. The van der Waals surface area contributed by atoms with Crippen LogP contribution in [0.2, 0.25) is 0 Å². The molecule has 0 aromatic heterocycles. The van der Waals surface area contributed by atoms with Crippen LogP contribution >= 0.6 is 8.03 Å². The first-order valence-corrected chi connectivity index (χ1v) is 5.18. The van der Waals surface area contributed by atoms with Gasteiger partial charge in [0.2, 0.25) is 8.03 Å². The Morgan fingerprint density at radius 1 is 1.38 bits per heavy atom. The first-order valence-electron chi connectivity index (χ1n) is 3.66. The molecule has 1 atom stereocenters. The Kier molecular flexibility index (Phi) is 3.53. The number of rotatable bonds is 4. The fourth-order valence-electron chi connectivity index (χ4n) is 0.780. The van der Waals surface area contributed by atoms with Gasteiger partial charge >= 0.3 is 5.97 Å². The van der Waals surface area contributed by atoms with Crippen molar-refractivity contribution in [2.45, 2.75) is 0 Å². The van der Waals surface area contributed by atoms with Crippen LogP contribution in [0.1, 0.15) is 0 Å². The van der Waals surface area contributed by atoms with E-state index in [1.165, 1.54) is 0 Å². The number of carbonyl (C=O) groups is 1. The third-order valence-corrected chi connectivity index (χ3v) is 2.32. The van der Waals surface area contributed by atoms with Gasteiger partial charge in [-0.25, -0.2) is 0 Å². The van der Waals surface area contributed by atoms with E-state index >= 15 is 0 Å². The minimum Gasteiger partial charge on any atom is -0.481 e. The van der Waals surface area contributed by atoms with E-state index in [1.807, 2.05) is 0 Å². The Morgan fingerprint density at radius 3 is 2.54 bits per heavy atom. The van der Waals surface area contributed by atoms with Crippen molar-refractivity contribution in [1.29, 1.82) is 0 Å². The van der Waals surface area contributed by atoms with Gasteiger partial charge in [0.15, 0.2) is 0 Å². The van der Waals surface area contributed by atoms with Crippen LogP contribution in [-0.4, -0.2) is 17.2 Å².